The van der Waals surface area contributed by atoms with Crippen molar-refractivity contribution in [3.8, 4) is 0 Å². The summed E-state index contributed by atoms with van der Waals surface area (Å²) in [6.45, 7) is 2.61. The molecule has 0 aromatic heterocycles. The van der Waals surface area contributed by atoms with Gasteiger partial charge in [-0.1, -0.05) is 24.3 Å². The maximum absolute atomic E-state index is 13.7. The van der Waals surface area contributed by atoms with Gasteiger partial charge in [0.05, 0.1) is 37.7 Å². The van der Waals surface area contributed by atoms with Gasteiger partial charge in [-0.05, 0) is 55.5 Å². The van der Waals surface area contributed by atoms with Crippen LogP contribution in [0.25, 0.3) is 0 Å². The number of nitrogens with zero attached hydrogens (tertiary/aromatic N) is 1. The van der Waals surface area contributed by atoms with E-state index in [-0.39, 0.29) is 43.6 Å². The number of hydrogen-bond donors (Lipinski definition) is 6. The second-order valence-electron chi connectivity index (χ2n) is 10.8. The van der Waals surface area contributed by atoms with Crippen molar-refractivity contribution in [3.05, 3.63) is 59.7 Å². The average Bonchev–Trinajstić information content (AvgIpc) is 3.04. The van der Waals surface area contributed by atoms with Crippen molar-refractivity contribution in [2.75, 3.05) is 58.4 Å². The number of nitrogens with one attached hydrogen (secondary N) is 4. The van der Waals surface area contributed by atoms with Gasteiger partial charge < -0.3 is 41.0 Å². The highest BCUT2D eigenvalue weighted by Crippen LogP contribution is 2.22. The monoisotopic (exact) mass is 643 g/mol. The van der Waals surface area contributed by atoms with E-state index < -0.39 is 23.3 Å². The molecule has 0 bridgehead atoms. The van der Waals surface area contributed by atoms with Gasteiger partial charge in [0.1, 0.15) is 11.9 Å². The maximum Gasteiger partial charge on any atom is 0.244 e. The number of amidine groups is 1. The molecule has 0 spiro atoms. The first-order valence-corrected chi connectivity index (χ1v) is 16.2. The molecule has 1 heterocycles. The van der Waals surface area contributed by atoms with Crippen molar-refractivity contribution in [2.24, 2.45) is 17.4 Å². The molecule has 1 unspecified atom stereocenters. The predicted octanol–water partition coefficient (Wildman–Crippen LogP) is 0.889. The SMILES string of the molecule is COCCOCCC(=O)NCC(=O)Nc1cccc([S+]([O-])N[C@@H](Cc2cccc(C(=N)N)c2)C(=O)N2CCC(CCN)CC2)c1. The van der Waals surface area contributed by atoms with Crippen molar-refractivity contribution in [1.82, 2.24) is 14.9 Å². The summed E-state index contributed by atoms with van der Waals surface area (Å²) in [6.07, 6.45) is 3.00. The number of nitrogen functional groups attached to an aromatic ring is 1. The number of likely N-dealkylation sites (tertiary alicyclic amines) is 1. The molecule has 1 saturated heterocycles. The number of rotatable bonds is 18. The minimum absolute atomic E-state index is 0.0800. The molecule has 1 fully saturated rings. The molecule has 45 heavy (non-hydrogen) atoms. The van der Waals surface area contributed by atoms with Crippen LogP contribution in [0.15, 0.2) is 53.4 Å². The van der Waals surface area contributed by atoms with Gasteiger partial charge in [-0.25, -0.2) is 0 Å². The molecule has 3 amide bonds. The Morgan fingerprint density at radius 3 is 2.56 bits per heavy atom. The quantitative estimate of drug-likeness (QED) is 0.0589. The van der Waals surface area contributed by atoms with Gasteiger partial charge in [0.25, 0.3) is 0 Å². The fourth-order valence-corrected chi connectivity index (χ4v) is 5.96. The van der Waals surface area contributed by atoms with Crippen molar-refractivity contribution in [3.63, 3.8) is 0 Å². The van der Waals surface area contributed by atoms with Gasteiger partial charge in [-0.15, -0.1) is 4.72 Å². The lowest BCUT2D eigenvalue weighted by atomic mass is 9.93. The van der Waals surface area contributed by atoms with Crippen molar-refractivity contribution in [1.29, 1.82) is 5.41 Å². The standard InChI is InChI=1S/C31H45N7O6S/c1-43-16-17-44-15-11-28(39)35-21-29(40)36-25-6-3-7-26(20-25)45(42)37-27(19-23-4-2-5-24(18-23)30(33)34)31(41)38-13-9-22(8-12-32)10-14-38/h2-7,18,20,22,27,37H,8-17,19,21,32H2,1H3,(H3,33,34)(H,35,39)(H,36,40)/t27-,45?/m0/s1. The molecule has 0 saturated carbocycles. The number of anilines is 1. The number of benzene rings is 2. The number of amides is 3. The van der Waals surface area contributed by atoms with E-state index in [9.17, 15) is 18.9 Å². The van der Waals surface area contributed by atoms with Gasteiger partial charge in [-0.2, -0.15) is 0 Å². The molecule has 13 nitrogen and oxygen atoms in total. The molecule has 2 atom stereocenters. The molecule has 2 aromatic rings. The molecule has 14 heteroatoms. The highest BCUT2D eigenvalue weighted by atomic mass is 32.2. The summed E-state index contributed by atoms with van der Waals surface area (Å²) in [6, 6.07) is 12.8. The summed E-state index contributed by atoms with van der Waals surface area (Å²) in [4.78, 5) is 40.3. The third-order valence-corrected chi connectivity index (χ3v) is 8.59. The Bertz CT molecular complexity index is 1270. The largest absolute Gasteiger partial charge is 0.593 e. The minimum atomic E-state index is -1.80. The molecular formula is C31H45N7O6S. The van der Waals surface area contributed by atoms with E-state index in [0.717, 1.165) is 24.8 Å². The van der Waals surface area contributed by atoms with Crippen LogP contribution < -0.4 is 26.8 Å². The van der Waals surface area contributed by atoms with Gasteiger partial charge in [0, 0.05) is 50.4 Å². The zero-order chi connectivity index (χ0) is 32.6. The summed E-state index contributed by atoms with van der Waals surface area (Å²) < 4.78 is 26.7. The van der Waals surface area contributed by atoms with E-state index in [4.69, 9.17) is 26.4 Å². The first kappa shape index (κ1) is 35.9. The van der Waals surface area contributed by atoms with Gasteiger partial charge >= 0.3 is 0 Å². The Morgan fingerprint density at radius 2 is 1.84 bits per heavy atom. The zero-order valence-electron chi connectivity index (χ0n) is 25.7. The fraction of sp³-hybridized carbons (Fsp3) is 0.484. The fourth-order valence-electron chi connectivity index (χ4n) is 4.95. The number of carbonyl (C=O) groups excluding carboxylic acids is 3. The number of nitrogens with two attached hydrogens (primary N) is 2. The molecule has 8 N–H and O–H groups in total. The summed E-state index contributed by atoms with van der Waals surface area (Å²) in [5, 5.41) is 13.0. The van der Waals surface area contributed by atoms with E-state index in [2.05, 4.69) is 15.4 Å². The predicted molar refractivity (Wildman–Crippen MR) is 173 cm³/mol. The van der Waals surface area contributed by atoms with Crippen molar-refractivity contribution in [2.45, 2.75) is 43.0 Å². The smallest absolute Gasteiger partial charge is 0.244 e. The summed E-state index contributed by atoms with van der Waals surface area (Å²) in [5.74, 6) is -0.528. The van der Waals surface area contributed by atoms with Crippen LogP contribution >= 0.6 is 0 Å². The highest BCUT2D eigenvalue weighted by molar-refractivity contribution is 7.89. The molecule has 1 aliphatic heterocycles. The number of ether oxygens (including phenoxy) is 2. The summed E-state index contributed by atoms with van der Waals surface area (Å²) in [5.41, 5.74) is 13.1. The lowest BCUT2D eigenvalue weighted by Crippen LogP contribution is -2.51. The Morgan fingerprint density at radius 1 is 1.09 bits per heavy atom. The zero-order valence-corrected chi connectivity index (χ0v) is 26.5. The molecule has 246 valence electrons. The van der Waals surface area contributed by atoms with Crippen molar-refractivity contribution >= 4 is 40.6 Å². The van der Waals surface area contributed by atoms with Crippen molar-refractivity contribution < 1.29 is 28.4 Å². The van der Waals surface area contributed by atoms with Crippen LogP contribution in [0.5, 0.6) is 0 Å². The van der Waals surface area contributed by atoms with Crippen LogP contribution in [0, 0.1) is 11.3 Å². The number of methoxy groups -OCH3 is 1. The molecule has 0 aliphatic carbocycles. The van der Waals surface area contributed by atoms with Crippen LogP contribution in [0.1, 0.15) is 36.8 Å². The Kier molecular flexibility index (Phi) is 15.2. The van der Waals surface area contributed by atoms with Crippen LogP contribution in [0.2, 0.25) is 0 Å². The normalized spacial score (nSPS) is 14.9. The van der Waals surface area contributed by atoms with E-state index in [1.165, 1.54) is 0 Å². The Labute approximate surface area is 267 Å². The van der Waals surface area contributed by atoms with Crippen LogP contribution in [0.3, 0.4) is 0 Å². The van der Waals surface area contributed by atoms with Crippen LogP contribution in [-0.2, 0) is 41.6 Å². The second kappa shape index (κ2) is 19.1. The first-order valence-electron chi connectivity index (χ1n) is 15.0. The Hall–Kier alpha value is -3.53. The Balaban J connectivity index is 1.63. The third kappa shape index (κ3) is 12.4. The van der Waals surface area contributed by atoms with E-state index in [1.807, 2.05) is 6.07 Å². The lowest BCUT2D eigenvalue weighted by molar-refractivity contribution is -0.134. The van der Waals surface area contributed by atoms with Crippen LogP contribution in [0.4, 0.5) is 5.69 Å². The third-order valence-electron chi connectivity index (χ3n) is 7.41. The molecule has 1 aliphatic rings. The van der Waals surface area contributed by atoms with Gasteiger partial charge in [0.2, 0.25) is 17.7 Å². The van der Waals surface area contributed by atoms with E-state index in [0.29, 0.717) is 54.9 Å². The maximum atomic E-state index is 13.7. The van der Waals surface area contributed by atoms with Gasteiger partial charge in [0.15, 0.2) is 4.90 Å². The second-order valence-corrected chi connectivity index (χ2v) is 12.1. The average molecular weight is 644 g/mol. The molecular weight excluding hydrogens is 598 g/mol. The van der Waals surface area contributed by atoms with Gasteiger partial charge in [-0.3, -0.25) is 19.8 Å². The van der Waals surface area contributed by atoms with Crippen LogP contribution in [-0.4, -0.2) is 92.2 Å². The van der Waals surface area contributed by atoms with E-state index in [1.54, 1.807) is 54.5 Å². The lowest BCUT2D eigenvalue weighted by Gasteiger charge is -2.34. The number of piperidine rings is 1. The summed E-state index contributed by atoms with van der Waals surface area (Å²) in [7, 11) is 1.56. The van der Waals surface area contributed by atoms with E-state index >= 15 is 0 Å². The first-order chi connectivity index (χ1) is 21.7. The number of carbonyl (C=O) groups is 3. The highest BCUT2D eigenvalue weighted by Gasteiger charge is 2.32. The molecule has 2 aromatic carbocycles. The number of hydrogen-bond acceptors (Lipinski definition) is 9. The minimum Gasteiger partial charge on any atom is -0.593 e. The topological polar surface area (TPSA) is 208 Å². The molecule has 0 radical (unpaired) electrons. The summed E-state index contributed by atoms with van der Waals surface area (Å²) >= 11 is -1.80. The molecule has 3 rings (SSSR count).